The van der Waals surface area contributed by atoms with Crippen LogP contribution in [0.3, 0.4) is 0 Å². The molecule has 1 aromatic rings. The van der Waals surface area contributed by atoms with E-state index < -0.39 is 6.10 Å². The Bertz CT molecular complexity index is 438. The van der Waals surface area contributed by atoms with Gasteiger partial charge in [0.1, 0.15) is 0 Å². The van der Waals surface area contributed by atoms with E-state index in [2.05, 4.69) is 5.32 Å². The van der Waals surface area contributed by atoms with Crippen molar-refractivity contribution in [2.75, 3.05) is 18.5 Å². The number of carbonyl (C=O) groups is 1. The van der Waals surface area contributed by atoms with Gasteiger partial charge in [0.25, 0.3) is 0 Å². The lowest BCUT2D eigenvalue weighted by molar-refractivity contribution is 0.189. The largest absolute Gasteiger partial charge is 0.392 e. The van der Waals surface area contributed by atoms with Crippen molar-refractivity contribution >= 4 is 11.7 Å². The van der Waals surface area contributed by atoms with Crippen LogP contribution < -0.4 is 10.2 Å². The van der Waals surface area contributed by atoms with Crippen LogP contribution in [0.1, 0.15) is 12.5 Å². The lowest BCUT2D eigenvalue weighted by Gasteiger charge is -2.18. The van der Waals surface area contributed by atoms with Crippen molar-refractivity contribution in [1.29, 1.82) is 5.26 Å². The number of hydrogen-bond donors (Lipinski definition) is 2. The van der Waals surface area contributed by atoms with E-state index in [0.29, 0.717) is 11.3 Å². The normalized spacial score (nSPS) is 11.4. The Balaban J connectivity index is 2.71. The number of carbonyl (C=O) groups excluding carboxylic acids is 1. The third kappa shape index (κ3) is 3.78. The maximum atomic E-state index is 11.7. The number of rotatable bonds is 3. The van der Waals surface area contributed by atoms with Gasteiger partial charge in [-0.15, -0.1) is 0 Å². The first-order chi connectivity index (χ1) is 8.04. The molecular formula is C12H15N3O2. The Hall–Kier alpha value is -2.06. The smallest absolute Gasteiger partial charge is 0.321 e. The van der Waals surface area contributed by atoms with Gasteiger partial charge in [0.2, 0.25) is 0 Å². The summed E-state index contributed by atoms with van der Waals surface area (Å²) in [5.74, 6) is 0. The highest BCUT2D eigenvalue weighted by molar-refractivity contribution is 5.91. The van der Waals surface area contributed by atoms with Crippen LogP contribution in [0, 0.1) is 11.3 Å². The monoisotopic (exact) mass is 233 g/mol. The molecule has 2 amide bonds. The number of aliphatic hydroxyl groups excluding tert-OH is 1. The molecule has 17 heavy (non-hydrogen) atoms. The summed E-state index contributed by atoms with van der Waals surface area (Å²) >= 11 is 0. The number of urea groups is 1. The molecule has 0 saturated heterocycles. The maximum absolute atomic E-state index is 11.7. The molecule has 1 atom stereocenters. The van der Waals surface area contributed by atoms with Crippen molar-refractivity contribution in [3.8, 4) is 6.07 Å². The summed E-state index contributed by atoms with van der Waals surface area (Å²) in [6.07, 6.45) is -0.585. The first kappa shape index (κ1) is 13.0. The van der Waals surface area contributed by atoms with E-state index in [1.807, 2.05) is 6.07 Å². The summed E-state index contributed by atoms with van der Waals surface area (Å²) in [6, 6.07) is 8.45. The van der Waals surface area contributed by atoms with Gasteiger partial charge in [-0.1, -0.05) is 6.07 Å². The van der Waals surface area contributed by atoms with Crippen LogP contribution in [-0.2, 0) is 0 Å². The van der Waals surface area contributed by atoms with Crippen molar-refractivity contribution < 1.29 is 9.90 Å². The zero-order valence-corrected chi connectivity index (χ0v) is 9.84. The Morgan fingerprint density at radius 2 is 2.35 bits per heavy atom. The number of nitrogens with zero attached hydrogens (tertiary/aromatic N) is 2. The third-order valence-electron chi connectivity index (χ3n) is 2.22. The Morgan fingerprint density at radius 1 is 1.65 bits per heavy atom. The standard InChI is InChI=1S/C12H15N3O2/c1-9(16)8-14-12(17)15(2)11-5-3-4-10(6-11)7-13/h3-6,9,16H,8H2,1-2H3,(H,14,17)/t9-/m1/s1. The van der Waals surface area contributed by atoms with Crippen LogP contribution in [0.5, 0.6) is 0 Å². The molecule has 0 unspecified atom stereocenters. The van der Waals surface area contributed by atoms with Gasteiger partial charge in [-0.05, 0) is 25.1 Å². The number of nitriles is 1. The van der Waals surface area contributed by atoms with Crippen LogP contribution in [-0.4, -0.2) is 30.8 Å². The van der Waals surface area contributed by atoms with Crippen molar-refractivity contribution in [2.24, 2.45) is 0 Å². The summed E-state index contributed by atoms with van der Waals surface area (Å²) in [6.45, 7) is 1.79. The molecule has 1 aromatic carbocycles. The molecule has 0 aliphatic rings. The topological polar surface area (TPSA) is 76.4 Å². The molecule has 1 rings (SSSR count). The SMILES string of the molecule is C[C@@H](O)CNC(=O)N(C)c1cccc(C#N)c1. The van der Waals surface area contributed by atoms with Gasteiger partial charge >= 0.3 is 6.03 Å². The molecule has 0 aromatic heterocycles. The third-order valence-corrected chi connectivity index (χ3v) is 2.22. The van der Waals surface area contributed by atoms with E-state index in [0.717, 1.165) is 0 Å². The van der Waals surface area contributed by atoms with Crippen LogP contribution in [0.15, 0.2) is 24.3 Å². The van der Waals surface area contributed by atoms with Gasteiger partial charge in [0.05, 0.1) is 17.7 Å². The predicted molar refractivity (Wildman–Crippen MR) is 64.6 cm³/mol. The predicted octanol–water partition coefficient (Wildman–Crippen LogP) is 1.08. The molecule has 0 spiro atoms. The molecule has 0 saturated carbocycles. The molecule has 90 valence electrons. The maximum Gasteiger partial charge on any atom is 0.321 e. The summed E-state index contributed by atoms with van der Waals surface area (Å²) < 4.78 is 0. The molecule has 0 radical (unpaired) electrons. The molecule has 5 nitrogen and oxygen atoms in total. The number of benzene rings is 1. The minimum absolute atomic E-state index is 0.196. The van der Waals surface area contributed by atoms with E-state index in [-0.39, 0.29) is 12.6 Å². The first-order valence-corrected chi connectivity index (χ1v) is 5.24. The van der Waals surface area contributed by atoms with Gasteiger partial charge in [-0.2, -0.15) is 5.26 Å². The summed E-state index contributed by atoms with van der Waals surface area (Å²) in [5.41, 5.74) is 1.13. The van der Waals surface area contributed by atoms with Gasteiger partial charge in [0, 0.05) is 19.3 Å². The van der Waals surface area contributed by atoms with Crippen molar-refractivity contribution in [3.63, 3.8) is 0 Å². The van der Waals surface area contributed by atoms with Crippen LogP contribution >= 0.6 is 0 Å². The van der Waals surface area contributed by atoms with Crippen molar-refractivity contribution in [3.05, 3.63) is 29.8 Å². The number of aliphatic hydroxyl groups is 1. The van der Waals surface area contributed by atoms with E-state index >= 15 is 0 Å². The second-order valence-electron chi connectivity index (χ2n) is 3.76. The second-order valence-corrected chi connectivity index (χ2v) is 3.76. The van der Waals surface area contributed by atoms with Crippen molar-refractivity contribution in [1.82, 2.24) is 5.32 Å². The average molecular weight is 233 g/mol. The fourth-order valence-electron chi connectivity index (χ4n) is 1.25. The van der Waals surface area contributed by atoms with Crippen LogP contribution in [0.25, 0.3) is 0 Å². The van der Waals surface area contributed by atoms with Gasteiger partial charge in [0.15, 0.2) is 0 Å². The highest BCUT2D eigenvalue weighted by atomic mass is 16.3. The minimum atomic E-state index is -0.585. The zero-order chi connectivity index (χ0) is 12.8. The molecule has 0 bridgehead atoms. The Labute approximate surface area is 100 Å². The van der Waals surface area contributed by atoms with E-state index in [4.69, 9.17) is 10.4 Å². The molecular weight excluding hydrogens is 218 g/mol. The van der Waals surface area contributed by atoms with Crippen LogP contribution in [0.2, 0.25) is 0 Å². The van der Waals surface area contributed by atoms with E-state index in [1.165, 1.54) is 4.90 Å². The zero-order valence-electron chi connectivity index (χ0n) is 9.84. The Kier molecular flexibility index (Phi) is 4.49. The highest BCUT2D eigenvalue weighted by Crippen LogP contribution is 2.14. The molecule has 0 heterocycles. The number of nitrogens with one attached hydrogen (secondary N) is 1. The second kappa shape index (κ2) is 5.87. The quantitative estimate of drug-likeness (QED) is 0.820. The molecule has 2 N–H and O–H groups in total. The number of hydrogen-bond acceptors (Lipinski definition) is 3. The summed E-state index contributed by atoms with van der Waals surface area (Å²) in [5, 5.41) is 20.4. The number of anilines is 1. The van der Waals surface area contributed by atoms with Gasteiger partial charge in [-0.25, -0.2) is 4.79 Å². The lowest BCUT2D eigenvalue weighted by Crippen LogP contribution is -2.40. The lowest BCUT2D eigenvalue weighted by atomic mass is 10.2. The van der Waals surface area contributed by atoms with E-state index in [1.54, 1.807) is 38.2 Å². The van der Waals surface area contributed by atoms with Gasteiger partial charge in [-0.3, -0.25) is 4.90 Å². The average Bonchev–Trinajstić information content (AvgIpc) is 2.35. The molecule has 0 fully saturated rings. The summed E-state index contributed by atoms with van der Waals surface area (Å²) in [4.78, 5) is 13.1. The molecule has 5 heteroatoms. The van der Waals surface area contributed by atoms with E-state index in [9.17, 15) is 4.79 Å². The number of amides is 2. The minimum Gasteiger partial charge on any atom is -0.392 e. The van der Waals surface area contributed by atoms with Crippen molar-refractivity contribution in [2.45, 2.75) is 13.0 Å². The first-order valence-electron chi connectivity index (χ1n) is 5.24. The fourth-order valence-corrected chi connectivity index (χ4v) is 1.25. The Morgan fingerprint density at radius 3 is 2.94 bits per heavy atom. The van der Waals surface area contributed by atoms with Crippen LogP contribution in [0.4, 0.5) is 10.5 Å². The highest BCUT2D eigenvalue weighted by Gasteiger charge is 2.11. The molecule has 0 aliphatic carbocycles. The fraction of sp³-hybridized carbons (Fsp3) is 0.333. The molecule has 0 aliphatic heterocycles. The van der Waals surface area contributed by atoms with Gasteiger partial charge < -0.3 is 10.4 Å². The summed E-state index contributed by atoms with van der Waals surface area (Å²) in [7, 11) is 1.61.